The monoisotopic (exact) mass is 225 g/mol. The minimum absolute atomic E-state index is 0.245. The predicted molar refractivity (Wildman–Crippen MR) is 67.5 cm³/mol. The Balaban J connectivity index is 2.47. The molecule has 2 aromatic carbocycles. The van der Waals surface area contributed by atoms with Gasteiger partial charge in [-0.15, -0.1) is 0 Å². The van der Waals surface area contributed by atoms with Crippen LogP contribution < -0.4 is 4.74 Å². The van der Waals surface area contributed by atoms with Crippen molar-refractivity contribution in [2.75, 3.05) is 7.11 Å². The van der Waals surface area contributed by atoms with E-state index in [1.165, 1.54) is 0 Å². The van der Waals surface area contributed by atoms with Crippen LogP contribution in [0.3, 0.4) is 0 Å². The molecule has 1 heterocycles. The van der Waals surface area contributed by atoms with Gasteiger partial charge in [0.1, 0.15) is 11.5 Å². The van der Waals surface area contributed by atoms with E-state index in [0.29, 0.717) is 0 Å². The zero-order chi connectivity index (χ0) is 11.8. The molecule has 0 bridgehead atoms. The molecule has 0 atom stereocenters. The number of pyridine rings is 1. The average molecular weight is 225 g/mol. The van der Waals surface area contributed by atoms with Gasteiger partial charge in [0.15, 0.2) is 0 Å². The van der Waals surface area contributed by atoms with E-state index in [4.69, 9.17) is 4.74 Å². The summed E-state index contributed by atoms with van der Waals surface area (Å²) in [5, 5.41) is 12.6. The Kier molecular flexibility index (Phi) is 2.11. The van der Waals surface area contributed by atoms with E-state index in [0.717, 1.165) is 27.4 Å². The van der Waals surface area contributed by atoms with E-state index < -0.39 is 0 Å². The minimum atomic E-state index is 0.245. The molecule has 3 heteroatoms. The summed E-state index contributed by atoms with van der Waals surface area (Å²) < 4.78 is 5.22. The molecule has 3 rings (SSSR count). The predicted octanol–water partition coefficient (Wildman–Crippen LogP) is 3.10. The molecule has 0 fully saturated rings. The van der Waals surface area contributed by atoms with Crippen molar-refractivity contribution in [1.29, 1.82) is 0 Å². The Labute approximate surface area is 98.3 Å². The second kappa shape index (κ2) is 3.63. The molecule has 1 aromatic heterocycles. The molecule has 0 spiro atoms. The summed E-state index contributed by atoms with van der Waals surface area (Å²) >= 11 is 0. The third-order valence-electron chi connectivity index (χ3n) is 2.87. The van der Waals surface area contributed by atoms with Crippen molar-refractivity contribution < 1.29 is 9.84 Å². The van der Waals surface area contributed by atoms with Gasteiger partial charge in [0, 0.05) is 17.0 Å². The summed E-state index contributed by atoms with van der Waals surface area (Å²) in [7, 11) is 1.64. The lowest BCUT2D eigenvalue weighted by Crippen LogP contribution is -1.85. The Morgan fingerprint density at radius 2 is 1.94 bits per heavy atom. The molecule has 0 amide bonds. The maximum atomic E-state index is 9.56. The quantitative estimate of drug-likeness (QED) is 0.647. The highest BCUT2D eigenvalue weighted by atomic mass is 16.5. The molecule has 3 nitrogen and oxygen atoms in total. The number of fused-ring (bicyclic) bond motifs is 3. The maximum absolute atomic E-state index is 9.56. The van der Waals surface area contributed by atoms with Gasteiger partial charge in [-0.3, -0.25) is 4.98 Å². The van der Waals surface area contributed by atoms with Crippen molar-refractivity contribution in [3.63, 3.8) is 0 Å². The summed E-state index contributed by atoms with van der Waals surface area (Å²) in [4.78, 5) is 4.35. The summed E-state index contributed by atoms with van der Waals surface area (Å²) in [6.07, 6.45) is 1.83. The second-order valence-electron chi connectivity index (χ2n) is 3.91. The van der Waals surface area contributed by atoms with Gasteiger partial charge in [-0.1, -0.05) is 0 Å². The van der Waals surface area contributed by atoms with E-state index in [1.807, 2.05) is 30.5 Å². The summed E-state index contributed by atoms with van der Waals surface area (Å²) in [5.41, 5.74) is 0.864. The molecular weight excluding hydrogens is 214 g/mol. The number of hydrogen-bond acceptors (Lipinski definition) is 3. The number of methoxy groups -OCH3 is 1. The number of rotatable bonds is 1. The molecule has 0 unspecified atom stereocenters. The molecule has 0 saturated carbocycles. The van der Waals surface area contributed by atoms with Gasteiger partial charge in [-0.2, -0.15) is 0 Å². The number of nitrogens with zero attached hydrogens (tertiary/aromatic N) is 1. The standard InChI is InChI=1S/C14H11NO2/c1-17-11-4-2-9-8-15-14-5-3-10(16)6-13(14)12(9)7-11/h2-8,16H,1H3. The number of hydrogen-bond donors (Lipinski definition) is 1. The Bertz CT molecular complexity index is 707. The smallest absolute Gasteiger partial charge is 0.119 e. The van der Waals surface area contributed by atoms with Crippen molar-refractivity contribution >= 4 is 21.7 Å². The molecule has 17 heavy (non-hydrogen) atoms. The number of aromatic nitrogens is 1. The summed E-state index contributed by atoms with van der Waals surface area (Å²) in [6.45, 7) is 0. The molecule has 0 saturated heterocycles. The van der Waals surface area contributed by atoms with Crippen LogP contribution in [0.4, 0.5) is 0 Å². The lowest BCUT2D eigenvalue weighted by molar-refractivity contribution is 0.415. The van der Waals surface area contributed by atoms with Crippen LogP contribution in [0.1, 0.15) is 0 Å². The van der Waals surface area contributed by atoms with Gasteiger partial charge >= 0.3 is 0 Å². The molecule has 3 aromatic rings. The van der Waals surface area contributed by atoms with E-state index in [2.05, 4.69) is 4.98 Å². The third kappa shape index (κ3) is 1.56. The first-order valence-electron chi connectivity index (χ1n) is 5.33. The number of phenols is 1. The van der Waals surface area contributed by atoms with Crippen molar-refractivity contribution in [2.45, 2.75) is 0 Å². The van der Waals surface area contributed by atoms with Crippen molar-refractivity contribution in [2.24, 2.45) is 0 Å². The fraction of sp³-hybridized carbons (Fsp3) is 0.0714. The van der Waals surface area contributed by atoms with Crippen LogP contribution in [-0.4, -0.2) is 17.2 Å². The first-order valence-corrected chi connectivity index (χ1v) is 5.33. The Morgan fingerprint density at radius 1 is 1.06 bits per heavy atom. The van der Waals surface area contributed by atoms with Gasteiger partial charge < -0.3 is 9.84 Å². The first-order chi connectivity index (χ1) is 8.28. The van der Waals surface area contributed by atoms with Gasteiger partial charge in [0.25, 0.3) is 0 Å². The highest BCUT2D eigenvalue weighted by Crippen LogP contribution is 2.29. The van der Waals surface area contributed by atoms with E-state index in [9.17, 15) is 5.11 Å². The molecule has 84 valence electrons. The second-order valence-corrected chi connectivity index (χ2v) is 3.91. The molecule has 0 aliphatic heterocycles. The fourth-order valence-electron chi connectivity index (χ4n) is 2.00. The van der Waals surface area contributed by atoms with E-state index in [1.54, 1.807) is 19.2 Å². The maximum Gasteiger partial charge on any atom is 0.119 e. The average Bonchev–Trinajstić information content (AvgIpc) is 2.38. The topological polar surface area (TPSA) is 42.4 Å². The summed E-state index contributed by atoms with van der Waals surface area (Å²) in [6, 6.07) is 11.0. The van der Waals surface area contributed by atoms with Crippen molar-refractivity contribution in [3.8, 4) is 11.5 Å². The fourth-order valence-corrected chi connectivity index (χ4v) is 2.00. The molecule has 1 N–H and O–H groups in total. The van der Waals surface area contributed by atoms with Gasteiger partial charge in [0.2, 0.25) is 0 Å². The van der Waals surface area contributed by atoms with E-state index >= 15 is 0 Å². The third-order valence-corrected chi connectivity index (χ3v) is 2.87. The Morgan fingerprint density at radius 3 is 2.76 bits per heavy atom. The number of benzene rings is 2. The van der Waals surface area contributed by atoms with Crippen LogP contribution in [0.2, 0.25) is 0 Å². The number of ether oxygens (including phenoxy) is 1. The molecule has 0 aliphatic carbocycles. The molecule has 0 aliphatic rings. The molecular formula is C14H11NO2. The number of aromatic hydroxyl groups is 1. The molecule has 0 radical (unpaired) electrons. The van der Waals surface area contributed by atoms with Crippen LogP contribution in [0, 0.1) is 0 Å². The highest BCUT2D eigenvalue weighted by molar-refractivity contribution is 6.06. The highest BCUT2D eigenvalue weighted by Gasteiger charge is 2.04. The van der Waals surface area contributed by atoms with Crippen LogP contribution >= 0.6 is 0 Å². The van der Waals surface area contributed by atoms with Crippen LogP contribution in [0.5, 0.6) is 11.5 Å². The SMILES string of the molecule is COc1ccc2cnc3ccc(O)cc3c2c1. The number of phenolic OH excluding ortho intramolecular Hbond substituents is 1. The van der Waals surface area contributed by atoms with E-state index in [-0.39, 0.29) is 5.75 Å². The van der Waals surface area contributed by atoms with Crippen molar-refractivity contribution in [3.05, 3.63) is 42.6 Å². The normalized spacial score (nSPS) is 10.9. The zero-order valence-electron chi connectivity index (χ0n) is 9.34. The first kappa shape index (κ1) is 9.90. The van der Waals surface area contributed by atoms with Gasteiger partial charge in [-0.05, 0) is 41.8 Å². The summed E-state index contributed by atoms with van der Waals surface area (Å²) in [5.74, 6) is 1.04. The zero-order valence-corrected chi connectivity index (χ0v) is 9.34. The lowest BCUT2D eigenvalue weighted by Gasteiger charge is -2.06. The van der Waals surface area contributed by atoms with Gasteiger partial charge in [0.05, 0.1) is 12.6 Å². The Hall–Kier alpha value is -2.29. The van der Waals surface area contributed by atoms with Gasteiger partial charge in [-0.25, -0.2) is 0 Å². The van der Waals surface area contributed by atoms with Crippen LogP contribution in [0.15, 0.2) is 42.6 Å². The lowest BCUT2D eigenvalue weighted by atomic mass is 10.1. The van der Waals surface area contributed by atoms with Crippen LogP contribution in [-0.2, 0) is 0 Å². The van der Waals surface area contributed by atoms with Crippen molar-refractivity contribution in [1.82, 2.24) is 4.98 Å². The minimum Gasteiger partial charge on any atom is -0.508 e. The largest absolute Gasteiger partial charge is 0.508 e. The van der Waals surface area contributed by atoms with Crippen LogP contribution in [0.25, 0.3) is 21.7 Å².